The molecule has 1 saturated heterocycles. The van der Waals surface area contributed by atoms with Crippen LogP contribution in [0.5, 0.6) is 0 Å². The molecule has 0 aliphatic carbocycles. The molecular weight excluding hydrogens is 270 g/mol. The standard InChI is InChI=1S/C15H17N3O3/c1-9-5-10-8-16-17-14(10)12(6-9)15(21)18-4-2-3-11(18)7-13(19)20/h5-6,8,11H,2-4,7H2,1H3,(H,16,17)(H,19,20). The Labute approximate surface area is 121 Å². The molecule has 110 valence electrons. The van der Waals surface area contributed by atoms with Crippen LogP contribution in [0.4, 0.5) is 0 Å². The number of fused-ring (bicyclic) bond motifs is 1. The molecule has 2 N–H and O–H groups in total. The van der Waals surface area contributed by atoms with Gasteiger partial charge in [-0.15, -0.1) is 0 Å². The van der Waals surface area contributed by atoms with Gasteiger partial charge in [0, 0.05) is 18.0 Å². The van der Waals surface area contributed by atoms with Gasteiger partial charge < -0.3 is 10.0 Å². The van der Waals surface area contributed by atoms with Crippen molar-refractivity contribution in [2.45, 2.75) is 32.2 Å². The Morgan fingerprint density at radius 1 is 1.48 bits per heavy atom. The second kappa shape index (κ2) is 5.20. The van der Waals surface area contributed by atoms with Crippen molar-refractivity contribution in [1.29, 1.82) is 0 Å². The number of likely N-dealkylation sites (tertiary alicyclic amines) is 1. The maximum atomic E-state index is 12.8. The van der Waals surface area contributed by atoms with Crippen LogP contribution < -0.4 is 0 Å². The van der Waals surface area contributed by atoms with Gasteiger partial charge in [-0.2, -0.15) is 5.10 Å². The minimum absolute atomic E-state index is 0.00365. The van der Waals surface area contributed by atoms with Crippen LogP contribution >= 0.6 is 0 Å². The molecule has 1 aliphatic heterocycles. The number of hydrogen-bond acceptors (Lipinski definition) is 3. The van der Waals surface area contributed by atoms with Crippen molar-refractivity contribution in [3.05, 3.63) is 29.5 Å². The van der Waals surface area contributed by atoms with Crippen molar-refractivity contribution >= 4 is 22.8 Å². The lowest BCUT2D eigenvalue weighted by molar-refractivity contribution is -0.137. The Morgan fingerprint density at radius 2 is 2.29 bits per heavy atom. The zero-order valence-corrected chi connectivity index (χ0v) is 11.8. The van der Waals surface area contributed by atoms with Gasteiger partial charge in [0.2, 0.25) is 0 Å². The Bertz CT molecular complexity index is 707. The predicted octanol–water partition coefficient (Wildman–Crippen LogP) is 1.95. The molecule has 0 saturated carbocycles. The first-order chi connectivity index (χ1) is 10.1. The van der Waals surface area contributed by atoms with Crippen molar-refractivity contribution in [1.82, 2.24) is 15.1 Å². The summed E-state index contributed by atoms with van der Waals surface area (Å²) in [4.78, 5) is 25.4. The lowest BCUT2D eigenvalue weighted by atomic mass is 10.1. The number of carbonyl (C=O) groups excluding carboxylic acids is 1. The summed E-state index contributed by atoms with van der Waals surface area (Å²) in [6.45, 7) is 2.54. The van der Waals surface area contributed by atoms with Crippen LogP contribution in [0.2, 0.25) is 0 Å². The van der Waals surface area contributed by atoms with Crippen LogP contribution in [0, 0.1) is 6.92 Å². The molecule has 0 radical (unpaired) electrons. The number of aromatic amines is 1. The molecule has 1 unspecified atom stereocenters. The Balaban J connectivity index is 1.96. The predicted molar refractivity (Wildman–Crippen MR) is 77.1 cm³/mol. The third-order valence-corrected chi connectivity index (χ3v) is 3.97. The molecule has 0 bridgehead atoms. The maximum absolute atomic E-state index is 12.8. The molecular formula is C15H17N3O3. The summed E-state index contributed by atoms with van der Waals surface area (Å²) in [5.41, 5.74) is 2.27. The molecule has 0 spiro atoms. The first-order valence-corrected chi connectivity index (χ1v) is 7.03. The highest BCUT2D eigenvalue weighted by atomic mass is 16.4. The summed E-state index contributed by atoms with van der Waals surface area (Å²) >= 11 is 0. The van der Waals surface area contributed by atoms with Gasteiger partial charge >= 0.3 is 5.97 Å². The molecule has 6 heteroatoms. The molecule has 2 aromatic rings. The van der Waals surface area contributed by atoms with Crippen molar-refractivity contribution in [2.75, 3.05) is 6.54 Å². The van der Waals surface area contributed by atoms with Crippen LogP contribution in [0.1, 0.15) is 35.2 Å². The van der Waals surface area contributed by atoms with E-state index in [9.17, 15) is 9.59 Å². The number of aryl methyl sites for hydroxylation is 1. The van der Waals surface area contributed by atoms with Gasteiger partial charge in [-0.25, -0.2) is 0 Å². The Morgan fingerprint density at radius 3 is 3.05 bits per heavy atom. The Hall–Kier alpha value is -2.37. The number of hydrogen-bond donors (Lipinski definition) is 2. The fraction of sp³-hybridized carbons (Fsp3) is 0.400. The van der Waals surface area contributed by atoms with Crippen molar-refractivity contribution < 1.29 is 14.7 Å². The number of carboxylic acids is 1. The fourth-order valence-electron chi connectivity index (χ4n) is 3.05. The number of aromatic nitrogens is 2. The number of benzene rings is 1. The van der Waals surface area contributed by atoms with Gasteiger partial charge in [0.25, 0.3) is 5.91 Å². The number of amides is 1. The molecule has 1 aromatic heterocycles. The summed E-state index contributed by atoms with van der Waals surface area (Å²) in [6, 6.07) is 3.58. The average Bonchev–Trinajstić information content (AvgIpc) is 3.04. The average molecular weight is 287 g/mol. The molecule has 21 heavy (non-hydrogen) atoms. The van der Waals surface area contributed by atoms with Crippen LogP contribution in [0.3, 0.4) is 0 Å². The van der Waals surface area contributed by atoms with Gasteiger partial charge in [-0.3, -0.25) is 14.7 Å². The largest absolute Gasteiger partial charge is 0.481 e. The Kier molecular flexibility index (Phi) is 3.37. The number of rotatable bonds is 3. The topological polar surface area (TPSA) is 86.3 Å². The van der Waals surface area contributed by atoms with Crippen molar-refractivity contribution in [2.24, 2.45) is 0 Å². The van der Waals surface area contributed by atoms with Gasteiger partial charge in [0.1, 0.15) is 0 Å². The summed E-state index contributed by atoms with van der Waals surface area (Å²) in [5.74, 6) is -0.979. The van der Waals surface area contributed by atoms with E-state index in [-0.39, 0.29) is 18.4 Å². The first-order valence-electron chi connectivity index (χ1n) is 7.03. The number of nitrogens with one attached hydrogen (secondary N) is 1. The second-order valence-electron chi connectivity index (χ2n) is 5.54. The quantitative estimate of drug-likeness (QED) is 0.903. The van der Waals surface area contributed by atoms with E-state index in [4.69, 9.17) is 5.11 Å². The minimum atomic E-state index is -0.865. The minimum Gasteiger partial charge on any atom is -0.481 e. The fourth-order valence-corrected chi connectivity index (χ4v) is 3.05. The zero-order valence-electron chi connectivity index (χ0n) is 11.8. The van der Waals surface area contributed by atoms with E-state index in [1.807, 2.05) is 19.1 Å². The third kappa shape index (κ3) is 2.49. The van der Waals surface area contributed by atoms with E-state index in [1.165, 1.54) is 0 Å². The lowest BCUT2D eigenvalue weighted by Gasteiger charge is -2.24. The first kappa shape index (κ1) is 13.6. The van der Waals surface area contributed by atoms with Crippen LogP contribution in [-0.2, 0) is 4.79 Å². The zero-order chi connectivity index (χ0) is 15.0. The maximum Gasteiger partial charge on any atom is 0.305 e. The van der Waals surface area contributed by atoms with Crippen LogP contribution in [0.25, 0.3) is 10.9 Å². The van der Waals surface area contributed by atoms with Crippen LogP contribution in [0.15, 0.2) is 18.3 Å². The highest BCUT2D eigenvalue weighted by molar-refractivity contribution is 6.06. The van der Waals surface area contributed by atoms with E-state index >= 15 is 0 Å². The number of aliphatic carboxylic acids is 1. The summed E-state index contributed by atoms with van der Waals surface area (Å²) in [5, 5.41) is 16.7. The van der Waals surface area contributed by atoms with E-state index in [0.29, 0.717) is 17.6 Å². The van der Waals surface area contributed by atoms with E-state index < -0.39 is 5.97 Å². The molecule has 1 aromatic carbocycles. The number of carbonyl (C=O) groups is 2. The number of H-pyrrole nitrogens is 1. The summed E-state index contributed by atoms with van der Waals surface area (Å²) in [7, 11) is 0. The third-order valence-electron chi connectivity index (χ3n) is 3.97. The van der Waals surface area contributed by atoms with Gasteiger partial charge in [0.05, 0.1) is 23.7 Å². The smallest absolute Gasteiger partial charge is 0.305 e. The van der Waals surface area contributed by atoms with E-state index in [0.717, 1.165) is 23.8 Å². The molecule has 1 fully saturated rings. The van der Waals surface area contributed by atoms with Crippen molar-refractivity contribution in [3.8, 4) is 0 Å². The molecule has 1 amide bonds. The second-order valence-corrected chi connectivity index (χ2v) is 5.54. The SMILES string of the molecule is Cc1cc(C(=O)N2CCCC2CC(=O)O)c2[nH]ncc2c1. The molecule has 6 nitrogen and oxygen atoms in total. The van der Waals surface area contributed by atoms with Crippen molar-refractivity contribution in [3.63, 3.8) is 0 Å². The highest BCUT2D eigenvalue weighted by Gasteiger charge is 2.31. The summed E-state index contributed by atoms with van der Waals surface area (Å²) in [6.07, 6.45) is 3.29. The van der Waals surface area contributed by atoms with E-state index in [1.54, 1.807) is 11.1 Å². The highest BCUT2D eigenvalue weighted by Crippen LogP contribution is 2.26. The summed E-state index contributed by atoms with van der Waals surface area (Å²) < 4.78 is 0. The molecule has 3 rings (SSSR count). The number of nitrogens with zero attached hydrogens (tertiary/aromatic N) is 2. The van der Waals surface area contributed by atoms with E-state index in [2.05, 4.69) is 10.2 Å². The lowest BCUT2D eigenvalue weighted by Crippen LogP contribution is -2.37. The number of carboxylic acid groups (broad SMARTS) is 1. The monoisotopic (exact) mass is 287 g/mol. The molecule has 1 aliphatic rings. The van der Waals surface area contributed by atoms with Gasteiger partial charge in [-0.1, -0.05) is 0 Å². The van der Waals surface area contributed by atoms with Gasteiger partial charge in [0.15, 0.2) is 0 Å². The molecule has 2 heterocycles. The van der Waals surface area contributed by atoms with Gasteiger partial charge in [-0.05, 0) is 37.5 Å². The normalized spacial score (nSPS) is 18.3. The molecule has 1 atom stereocenters. The van der Waals surface area contributed by atoms with Crippen LogP contribution in [-0.4, -0.2) is 44.7 Å².